The van der Waals surface area contributed by atoms with Gasteiger partial charge in [-0.1, -0.05) is 30.3 Å². The highest BCUT2D eigenvalue weighted by Gasteiger charge is 2.64. The third kappa shape index (κ3) is 3.80. The lowest BCUT2D eigenvalue weighted by molar-refractivity contribution is -0.384. The van der Waals surface area contributed by atoms with E-state index in [0.29, 0.717) is 0 Å². The molecule has 3 aliphatic heterocycles. The Balaban J connectivity index is 1.44. The molecule has 3 aliphatic rings. The zero-order chi connectivity index (χ0) is 27.4. The summed E-state index contributed by atoms with van der Waals surface area (Å²) in [6.45, 7) is 1.27. The lowest BCUT2D eigenvalue weighted by Gasteiger charge is -2.35. The van der Waals surface area contributed by atoms with Crippen LogP contribution in [-0.4, -0.2) is 39.4 Å². The van der Waals surface area contributed by atoms with E-state index in [1.54, 1.807) is 11.1 Å². The van der Waals surface area contributed by atoms with Gasteiger partial charge in [-0.15, -0.1) is 0 Å². The summed E-state index contributed by atoms with van der Waals surface area (Å²) < 4.78 is 5.06. The Morgan fingerprint density at radius 2 is 1.64 bits per heavy atom. The monoisotopic (exact) mass is 523 g/mol. The molecule has 0 unspecified atom stereocenters. The topological polar surface area (TPSA) is 127 Å². The zero-order valence-electron chi connectivity index (χ0n) is 20.6. The lowest BCUT2D eigenvalue weighted by atomic mass is 9.83. The molecule has 2 amide bonds. The van der Waals surface area contributed by atoms with Gasteiger partial charge in [-0.3, -0.25) is 29.3 Å². The molecule has 3 heterocycles. The van der Waals surface area contributed by atoms with Crippen molar-refractivity contribution in [3.63, 3.8) is 0 Å². The van der Waals surface area contributed by atoms with E-state index in [0.717, 1.165) is 16.0 Å². The number of ether oxygens (including phenoxy) is 1. The van der Waals surface area contributed by atoms with E-state index < -0.39 is 46.6 Å². The van der Waals surface area contributed by atoms with Gasteiger partial charge in [0, 0.05) is 30.8 Å². The maximum atomic E-state index is 14.0. The van der Waals surface area contributed by atoms with E-state index in [1.807, 2.05) is 30.3 Å². The normalized spacial score (nSPS) is 22.8. The minimum absolute atomic E-state index is 0.0942. The Bertz CT molecular complexity index is 1600. The number of imide groups is 1. The Morgan fingerprint density at radius 1 is 0.923 bits per heavy atom. The first kappa shape index (κ1) is 24.2. The minimum atomic E-state index is -1.02. The number of esters is 1. The molecule has 3 aromatic rings. The number of amides is 2. The number of ketones is 1. The standard InChI is InChI=1S/C29H21N3O7/c1-16(33)39-21-11-9-18(10-12-21)27(34)26-24-23(25-22-8-3-2-5-17(22)13-14-30(25)26)28(35)31(29(24)36)19-6-4-7-20(15-19)32(37)38/h2-15,23-26H,1H3/t23-,24-,25-,26+/m1/s1. The summed E-state index contributed by atoms with van der Waals surface area (Å²) in [6.07, 6.45) is 3.60. The highest BCUT2D eigenvalue weighted by atomic mass is 16.6. The fourth-order valence-electron chi connectivity index (χ4n) is 5.88. The SMILES string of the molecule is CC(=O)Oc1ccc(C(=O)[C@@H]2[C@@H]3C(=O)N(c4cccc([N+](=O)[O-])c4)C(=O)[C@H]3[C@H]3c4ccccc4C=CN23)cc1. The molecule has 10 nitrogen and oxygen atoms in total. The van der Waals surface area contributed by atoms with Crippen molar-refractivity contribution in [1.82, 2.24) is 4.90 Å². The minimum Gasteiger partial charge on any atom is -0.427 e. The molecule has 4 atom stereocenters. The lowest BCUT2D eigenvalue weighted by Crippen LogP contribution is -2.44. The molecular formula is C29H21N3O7. The van der Waals surface area contributed by atoms with Crippen LogP contribution in [0, 0.1) is 22.0 Å². The zero-order valence-corrected chi connectivity index (χ0v) is 20.6. The molecule has 0 aliphatic carbocycles. The van der Waals surface area contributed by atoms with Crippen molar-refractivity contribution in [2.24, 2.45) is 11.8 Å². The van der Waals surface area contributed by atoms with Crippen LogP contribution in [0.5, 0.6) is 5.75 Å². The highest BCUT2D eigenvalue weighted by Crippen LogP contribution is 2.53. The van der Waals surface area contributed by atoms with E-state index in [9.17, 15) is 29.3 Å². The Hall–Kier alpha value is -5.12. The number of anilines is 1. The van der Waals surface area contributed by atoms with Gasteiger partial charge in [0.15, 0.2) is 5.78 Å². The van der Waals surface area contributed by atoms with Crippen LogP contribution < -0.4 is 9.64 Å². The van der Waals surface area contributed by atoms with Gasteiger partial charge >= 0.3 is 5.97 Å². The quantitative estimate of drug-likeness (QED) is 0.123. The number of non-ortho nitro benzene ring substituents is 1. The van der Waals surface area contributed by atoms with Gasteiger partial charge in [-0.05, 0) is 47.5 Å². The number of nitrogens with zero attached hydrogens (tertiary/aromatic N) is 3. The molecule has 194 valence electrons. The van der Waals surface area contributed by atoms with Crippen molar-refractivity contribution in [3.05, 3.63) is 106 Å². The largest absolute Gasteiger partial charge is 0.427 e. The summed E-state index contributed by atoms with van der Waals surface area (Å²) in [5.41, 5.74) is 1.83. The molecule has 0 saturated carbocycles. The predicted molar refractivity (Wildman–Crippen MR) is 138 cm³/mol. The number of carbonyl (C=O) groups is 4. The number of rotatable bonds is 5. The van der Waals surface area contributed by atoms with Gasteiger partial charge in [0.2, 0.25) is 11.8 Å². The van der Waals surface area contributed by atoms with Gasteiger partial charge in [0.25, 0.3) is 5.69 Å². The summed E-state index contributed by atoms with van der Waals surface area (Å²) in [5, 5.41) is 11.4. The average molecular weight is 524 g/mol. The molecule has 0 radical (unpaired) electrons. The van der Waals surface area contributed by atoms with Gasteiger partial charge < -0.3 is 9.64 Å². The van der Waals surface area contributed by atoms with Crippen LogP contribution in [0.1, 0.15) is 34.5 Å². The third-order valence-electron chi connectivity index (χ3n) is 7.43. The van der Waals surface area contributed by atoms with Crippen molar-refractivity contribution in [3.8, 4) is 5.75 Å². The van der Waals surface area contributed by atoms with E-state index in [-0.39, 0.29) is 28.5 Å². The molecule has 39 heavy (non-hydrogen) atoms. The molecule has 0 aromatic heterocycles. The molecule has 6 rings (SSSR count). The second-order valence-electron chi connectivity index (χ2n) is 9.60. The van der Waals surface area contributed by atoms with E-state index in [1.165, 1.54) is 55.5 Å². The first-order valence-corrected chi connectivity index (χ1v) is 12.3. The fraction of sp³-hybridized carbons (Fsp3) is 0.172. The third-order valence-corrected chi connectivity index (χ3v) is 7.43. The summed E-state index contributed by atoms with van der Waals surface area (Å²) in [4.78, 5) is 66.6. The van der Waals surface area contributed by atoms with E-state index in [2.05, 4.69) is 0 Å². The van der Waals surface area contributed by atoms with Crippen LogP contribution in [0.15, 0.2) is 79.0 Å². The predicted octanol–water partition coefficient (Wildman–Crippen LogP) is 3.92. The molecular weight excluding hydrogens is 502 g/mol. The Kier molecular flexibility index (Phi) is 5.60. The summed E-state index contributed by atoms with van der Waals surface area (Å²) in [5.74, 6) is -3.57. The van der Waals surface area contributed by atoms with E-state index >= 15 is 0 Å². The molecule has 0 spiro atoms. The number of carbonyl (C=O) groups excluding carboxylic acids is 4. The maximum absolute atomic E-state index is 14.0. The second kappa shape index (κ2) is 9.02. The molecule has 3 aromatic carbocycles. The number of Topliss-reactive ketones (excluding diaryl/α,β-unsaturated/α-hetero) is 1. The summed E-state index contributed by atoms with van der Waals surface area (Å²) in [7, 11) is 0. The van der Waals surface area contributed by atoms with E-state index in [4.69, 9.17) is 4.74 Å². The van der Waals surface area contributed by atoms with Crippen LogP contribution in [0.2, 0.25) is 0 Å². The Labute approximate surface area is 222 Å². The molecule has 0 N–H and O–H groups in total. The van der Waals surface area contributed by atoms with Gasteiger partial charge in [-0.2, -0.15) is 0 Å². The number of nitro groups is 1. The van der Waals surface area contributed by atoms with Crippen molar-refractivity contribution in [2.75, 3.05) is 4.90 Å². The van der Waals surface area contributed by atoms with Crippen LogP contribution in [0.3, 0.4) is 0 Å². The second-order valence-corrected chi connectivity index (χ2v) is 9.60. The number of nitro benzene ring substituents is 1. The number of benzene rings is 3. The smallest absolute Gasteiger partial charge is 0.308 e. The van der Waals surface area contributed by atoms with Crippen molar-refractivity contribution in [2.45, 2.75) is 19.0 Å². The molecule has 2 fully saturated rings. The summed E-state index contributed by atoms with van der Waals surface area (Å²) in [6, 6.07) is 17.3. The summed E-state index contributed by atoms with van der Waals surface area (Å²) >= 11 is 0. The van der Waals surface area contributed by atoms with Gasteiger partial charge in [0.05, 0.1) is 28.5 Å². The molecule has 10 heteroatoms. The fourth-order valence-corrected chi connectivity index (χ4v) is 5.88. The Morgan fingerprint density at radius 3 is 2.36 bits per heavy atom. The van der Waals surface area contributed by atoms with Gasteiger partial charge in [0.1, 0.15) is 11.8 Å². The average Bonchev–Trinajstić information content (AvgIpc) is 3.40. The first-order valence-electron chi connectivity index (χ1n) is 12.3. The number of hydrogen-bond acceptors (Lipinski definition) is 8. The van der Waals surface area contributed by atoms with Crippen molar-refractivity contribution >= 4 is 41.0 Å². The molecule has 0 bridgehead atoms. The maximum Gasteiger partial charge on any atom is 0.308 e. The van der Waals surface area contributed by atoms with Crippen LogP contribution in [-0.2, 0) is 14.4 Å². The number of hydrogen-bond donors (Lipinski definition) is 0. The first-order chi connectivity index (χ1) is 18.8. The highest BCUT2D eigenvalue weighted by molar-refractivity contribution is 6.24. The van der Waals surface area contributed by atoms with Crippen LogP contribution in [0.25, 0.3) is 6.08 Å². The van der Waals surface area contributed by atoms with Crippen LogP contribution in [0.4, 0.5) is 11.4 Å². The van der Waals surface area contributed by atoms with Crippen LogP contribution >= 0.6 is 0 Å². The molecule has 2 saturated heterocycles. The van der Waals surface area contributed by atoms with Gasteiger partial charge in [-0.25, -0.2) is 4.90 Å². The van der Waals surface area contributed by atoms with Crippen molar-refractivity contribution < 1.29 is 28.8 Å². The number of fused-ring (bicyclic) bond motifs is 5. The van der Waals surface area contributed by atoms with Crippen molar-refractivity contribution in [1.29, 1.82) is 0 Å².